The number of carbonyl (C=O) groups excluding carboxylic acids is 2. The molecule has 1 aromatic heterocycles. The van der Waals surface area contributed by atoms with Gasteiger partial charge in [-0.2, -0.15) is 0 Å². The molecule has 1 heterocycles. The third-order valence-corrected chi connectivity index (χ3v) is 5.32. The second kappa shape index (κ2) is 8.54. The van der Waals surface area contributed by atoms with Crippen LogP contribution < -0.4 is 5.32 Å². The topological polar surface area (TPSA) is 59.1 Å². The minimum atomic E-state index is -0.398. The van der Waals surface area contributed by atoms with Crippen LogP contribution in [0.3, 0.4) is 0 Å². The van der Waals surface area contributed by atoms with Gasteiger partial charge in [0, 0.05) is 33.3 Å². The van der Waals surface area contributed by atoms with Crippen molar-refractivity contribution < 1.29 is 14.0 Å². The van der Waals surface area contributed by atoms with E-state index < -0.39 is 5.82 Å². The van der Waals surface area contributed by atoms with Crippen LogP contribution in [0.5, 0.6) is 0 Å². The lowest BCUT2D eigenvalue weighted by molar-refractivity contribution is -0.116. The lowest BCUT2D eigenvalue weighted by atomic mass is 10.1. The van der Waals surface area contributed by atoms with E-state index in [1.807, 2.05) is 31.2 Å². The van der Waals surface area contributed by atoms with Crippen LogP contribution in [0.15, 0.2) is 53.0 Å². The van der Waals surface area contributed by atoms with E-state index in [1.165, 1.54) is 35.6 Å². The van der Waals surface area contributed by atoms with Gasteiger partial charge in [-0.15, -0.1) is 11.3 Å². The predicted octanol–water partition coefficient (Wildman–Crippen LogP) is 5.62. The normalized spacial score (nSPS) is 10.6. The number of carbonyl (C=O) groups is 2. The first-order valence-corrected chi connectivity index (χ1v) is 9.85. The Hall–Kier alpha value is -2.38. The second-order valence-electron chi connectivity index (χ2n) is 5.91. The van der Waals surface area contributed by atoms with E-state index >= 15 is 0 Å². The van der Waals surface area contributed by atoms with Crippen LogP contribution in [0.4, 0.5) is 9.52 Å². The van der Waals surface area contributed by atoms with E-state index in [2.05, 4.69) is 26.2 Å². The molecule has 7 heteroatoms. The molecule has 0 atom stereocenters. The molecule has 0 radical (unpaired) electrons. The molecule has 138 valence electrons. The molecule has 0 saturated heterocycles. The number of rotatable bonds is 6. The Morgan fingerprint density at radius 2 is 1.74 bits per heavy atom. The molecule has 0 spiro atoms. The molecule has 0 fully saturated rings. The molecule has 4 nitrogen and oxygen atoms in total. The highest BCUT2D eigenvalue weighted by Crippen LogP contribution is 2.31. The Bertz CT molecular complexity index is 969. The number of hydrogen-bond donors (Lipinski definition) is 1. The van der Waals surface area contributed by atoms with Crippen molar-refractivity contribution in [2.75, 3.05) is 5.32 Å². The maximum atomic E-state index is 12.9. The van der Waals surface area contributed by atoms with Crippen molar-refractivity contribution in [2.24, 2.45) is 0 Å². The third kappa shape index (κ3) is 5.08. The van der Waals surface area contributed by atoms with Gasteiger partial charge in [-0.05, 0) is 43.3 Å². The summed E-state index contributed by atoms with van der Waals surface area (Å²) in [5.41, 5.74) is 2.19. The molecule has 1 N–H and O–H groups in total. The smallest absolute Gasteiger partial charge is 0.226 e. The first kappa shape index (κ1) is 19.4. The lowest BCUT2D eigenvalue weighted by Gasteiger charge is -2.02. The SMILES string of the molecule is Cc1sc(NC(=O)CCC(=O)c2ccc(F)cc2)nc1-c1ccc(Br)cc1. The fourth-order valence-corrected chi connectivity index (χ4v) is 3.63. The first-order valence-electron chi connectivity index (χ1n) is 8.24. The van der Waals surface area contributed by atoms with Gasteiger partial charge in [0.1, 0.15) is 5.82 Å². The molecule has 3 rings (SSSR count). The second-order valence-corrected chi connectivity index (χ2v) is 8.03. The number of thiazole rings is 1. The third-order valence-electron chi connectivity index (χ3n) is 3.91. The number of aryl methyl sites for hydroxylation is 1. The highest BCUT2D eigenvalue weighted by Gasteiger charge is 2.14. The first-order chi connectivity index (χ1) is 12.9. The minimum Gasteiger partial charge on any atom is -0.302 e. The number of aromatic nitrogens is 1. The van der Waals surface area contributed by atoms with Gasteiger partial charge in [0.2, 0.25) is 5.91 Å². The van der Waals surface area contributed by atoms with Crippen LogP contribution in [0, 0.1) is 12.7 Å². The van der Waals surface area contributed by atoms with E-state index in [4.69, 9.17) is 0 Å². The Morgan fingerprint density at radius 3 is 2.41 bits per heavy atom. The van der Waals surface area contributed by atoms with Gasteiger partial charge < -0.3 is 5.32 Å². The summed E-state index contributed by atoms with van der Waals surface area (Å²) in [5, 5.41) is 3.25. The molecule has 2 aromatic carbocycles. The standard InChI is InChI=1S/C20H16BrFN2O2S/c1-12-19(14-2-6-15(21)7-3-14)24-20(27-12)23-18(26)11-10-17(25)13-4-8-16(22)9-5-13/h2-9H,10-11H2,1H3,(H,23,24,26). The average molecular weight is 447 g/mol. The zero-order chi connectivity index (χ0) is 19.4. The number of hydrogen-bond acceptors (Lipinski definition) is 4. The Labute approximate surface area is 168 Å². The Balaban J connectivity index is 1.59. The molecule has 0 aliphatic carbocycles. The molecule has 0 saturated carbocycles. The summed E-state index contributed by atoms with van der Waals surface area (Å²) >= 11 is 4.80. The Morgan fingerprint density at radius 1 is 1.07 bits per heavy atom. The Kier molecular flexibility index (Phi) is 6.13. The fraction of sp³-hybridized carbons (Fsp3) is 0.150. The van der Waals surface area contributed by atoms with Crippen LogP contribution in [0.1, 0.15) is 28.1 Å². The summed E-state index contributed by atoms with van der Waals surface area (Å²) in [5.74, 6) is -0.873. The average Bonchev–Trinajstić information content (AvgIpc) is 3.01. The summed E-state index contributed by atoms with van der Waals surface area (Å²) in [7, 11) is 0. The molecular weight excluding hydrogens is 431 g/mol. The van der Waals surface area contributed by atoms with Gasteiger partial charge in [0.15, 0.2) is 10.9 Å². The van der Waals surface area contributed by atoms with Crippen molar-refractivity contribution in [3.8, 4) is 11.3 Å². The van der Waals surface area contributed by atoms with Gasteiger partial charge in [-0.1, -0.05) is 28.1 Å². The molecule has 0 unspecified atom stereocenters. The minimum absolute atomic E-state index is 0.0441. The highest BCUT2D eigenvalue weighted by atomic mass is 79.9. The van der Waals surface area contributed by atoms with Crippen molar-refractivity contribution in [2.45, 2.75) is 19.8 Å². The summed E-state index contributed by atoms with van der Waals surface area (Å²) in [6.07, 6.45) is 0.101. The monoisotopic (exact) mass is 446 g/mol. The van der Waals surface area contributed by atoms with Crippen LogP contribution in [-0.2, 0) is 4.79 Å². The van der Waals surface area contributed by atoms with Gasteiger partial charge >= 0.3 is 0 Å². The molecule has 27 heavy (non-hydrogen) atoms. The zero-order valence-corrected chi connectivity index (χ0v) is 16.9. The zero-order valence-electron chi connectivity index (χ0n) is 14.5. The van der Waals surface area contributed by atoms with Crippen LogP contribution in [0.2, 0.25) is 0 Å². The number of nitrogens with zero attached hydrogens (tertiary/aromatic N) is 1. The van der Waals surface area contributed by atoms with E-state index in [1.54, 1.807) is 0 Å². The van der Waals surface area contributed by atoms with Crippen LogP contribution in [0.25, 0.3) is 11.3 Å². The van der Waals surface area contributed by atoms with Gasteiger partial charge in [0.25, 0.3) is 0 Å². The number of Topliss-reactive ketones (excluding diaryl/α,β-unsaturated/α-hetero) is 1. The molecule has 0 aliphatic heterocycles. The highest BCUT2D eigenvalue weighted by molar-refractivity contribution is 9.10. The number of amides is 1. The van der Waals surface area contributed by atoms with E-state index in [9.17, 15) is 14.0 Å². The molecule has 0 bridgehead atoms. The number of nitrogens with one attached hydrogen (secondary N) is 1. The van der Waals surface area contributed by atoms with Crippen molar-refractivity contribution >= 4 is 44.1 Å². The van der Waals surface area contributed by atoms with Crippen molar-refractivity contribution in [1.82, 2.24) is 4.98 Å². The van der Waals surface area contributed by atoms with Crippen LogP contribution >= 0.6 is 27.3 Å². The molecule has 1 amide bonds. The number of ketones is 1. The van der Waals surface area contributed by atoms with E-state index in [0.29, 0.717) is 10.7 Å². The van der Waals surface area contributed by atoms with Gasteiger partial charge in [0.05, 0.1) is 5.69 Å². The van der Waals surface area contributed by atoms with Gasteiger partial charge in [-0.25, -0.2) is 9.37 Å². The number of halogens is 2. The number of benzene rings is 2. The maximum Gasteiger partial charge on any atom is 0.226 e. The summed E-state index contributed by atoms with van der Waals surface area (Å²) < 4.78 is 13.9. The largest absolute Gasteiger partial charge is 0.302 e. The molecule has 0 aliphatic rings. The van der Waals surface area contributed by atoms with Crippen LogP contribution in [-0.4, -0.2) is 16.7 Å². The van der Waals surface area contributed by atoms with E-state index in [-0.39, 0.29) is 24.5 Å². The van der Waals surface area contributed by atoms with Crippen molar-refractivity contribution in [1.29, 1.82) is 0 Å². The molecule has 3 aromatic rings. The summed E-state index contributed by atoms with van der Waals surface area (Å²) in [4.78, 5) is 29.7. The quantitative estimate of drug-likeness (QED) is 0.499. The van der Waals surface area contributed by atoms with Gasteiger partial charge in [-0.3, -0.25) is 9.59 Å². The maximum absolute atomic E-state index is 12.9. The van der Waals surface area contributed by atoms with Crippen molar-refractivity contribution in [3.63, 3.8) is 0 Å². The lowest BCUT2D eigenvalue weighted by Crippen LogP contribution is -2.13. The molecular formula is C20H16BrFN2O2S. The fourth-order valence-electron chi connectivity index (χ4n) is 2.51. The number of anilines is 1. The summed E-state index contributed by atoms with van der Waals surface area (Å²) in [6.45, 7) is 1.95. The van der Waals surface area contributed by atoms with Crippen molar-refractivity contribution in [3.05, 3.63) is 69.3 Å². The summed E-state index contributed by atoms with van der Waals surface area (Å²) in [6, 6.07) is 13.1. The van der Waals surface area contributed by atoms with E-state index in [0.717, 1.165) is 20.6 Å². The predicted molar refractivity (Wildman–Crippen MR) is 109 cm³/mol.